The second kappa shape index (κ2) is 4.71. The maximum atomic E-state index is 12.1. The van der Waals surface area contributed by atoms with Gasteiger partial charge in [0.1, 0.15) is 0 Å². The Balaban J connectivity index is 2.27. The van der Waals surface area contributed by atoms with Crippen LogP contribution in [0.3, 0.4) is 0 Å². The Hall–Kier alpha value is -0.620. The molecule has 87 valence electrons. The van der Waals surface area contributed by atoms with Crippen molar-refractivity contribution in [2.75, 3.05) is 26.2 Å². The third-order valence-electron chi connectivity index (χ3n) is 2.47. The average Bonchev–Trinajstić information content (AvgIpc) is 2.31. The fourth-order valence-electron chi connectivity index (χ4n) is 1.58. The molecule has 0 spiro atoms. The van der Waals surface area contributed by atoms with Crippen LogP contribution in [0.25, 0.3) is 0 Å². The van der Waals surface area contributed by atoms with Crippen molar-refractivity contribution in [3.05, 3.63) is 29.3 Å². The lowest BCUT2D eigenvalue weighted by molar-refractivity contribution is 0.356. The Labute approximate surface area is 100 Å². The van der Waals surface area contributed by atoms with Crippen molar-refractivity contribution in [1.29, 1.82) is 0 Å². The van der Waals surface area contributed by atoms with Crippen LogP contribution < -0.4 is 5.32 Å². The first-order chi connectivity index (χ1) is 7.60. The molecule has 0 aliphatic carbocycles. The quantitative estimate of drug-likeness (QED) is 0.794. The number of piperazine rings is 1. The SMILES string of the molecule is O=S(=O)(c1ccc(Cl)cc1)N1CC[N]CC1. The molecule has 0 atom stereocenters. The minimum Gasteiger partial charge on any atom is -0.239 e. The zero-order valence-corrected chi connectivity index (χ0v) is 10.2. The summed E-state index contributed by atoms with van der Waals surface area (Å²) in [5, 5.41) is 4.66. The van der Waals surface area contributed by atoms with E-state index in [-0.39, 0.29) is 0 Å². The maximum Gasteiger partial charge on any atom is 0.243 e. The molecule has 0 saturated carbocycles. The van der Waals surface area contributed by atoms with Gasteiger partial charge in [-0.1, -0.05) is 11.6 Å². The molecule has 1 fully saturated rings. The molecular weight excluding hydrogens is 248 g/mol. The van der Waals surface area contributed by atoms with Gasteiger partial charge in [0.2, 0.25) is 10.0 Å². The number of sulfonamides is 1. The van der Waals surface area contributed by atoms with Crippen LogP contribution in [0.4, 0.5) is 0 Å². The predicted octanol–water partition coefficient (Wildman–Crippen LogP) is 0.949. The van der Waals surface area contributed by atoms with E-state index in [1.165, 1.54) is 16.4 Å². The average molecular weight is 260 g/mol. The molecular formula is C10H12ClN2O2S. The fourth-order valence-corrected chi connectivity index (χ4v) is 3.13. The van der Waals surface area contributed by atoms with E-state index in [1.54, 1.807) is 12.1 Å². The second-order valence-corrected chi connectivity index (χ2v) is 5.90. The highest BCUT2D eigenvalue weighted by Gasteiger charge is 2.25. The molecule has 16 heavy (non-hydrogen) atoms. The molecule has 1 aromatic carbocycles. The van der Waals surface area contributed by atoms with Gasteiger partial charge in [0.15, 0.2) is 0 Å². The lowest BCUT2D eigenvalue weighted by Crippen LogP contribution is -2.43. The van der Waals surface area contributed by atoms with Crippen molar-refractivity contribution < 1.29 is 8.42 Å². The van der Waals surface area contributed by atoms with Crippen LogP contribution in [0.2, 0.25) is 5.02 Å². The number of hydrogen-bond acceptors (Lipinski definition) is 2. The Morgan fingerprint density at radius 3 is 2.25 bits per heavy atom. The van der Waals surface area contributed by atoms with Crippen molar-refractivity contribution in [1.82, 2.24) is 9.62 Å². The lowest BCUT2D eigenvalue weighted by atomic mass is 10.4. The Bertz CT molecular complexity index is 452. The zero-order valence-electron chi connectivity index (χ0n) is 8.63. The first-order valence-electron chi connectivity index (χ1n) is 5.00. The monoisotopic (exact) mass is 259 g/mol. The van der Waals surface area contributed by atoms with E-state index in [4.69, 9.17) is 11.6 Å². The van der Waals surface area contributed by atoms with Gasteiger partial charge in [0, 0.05) is 31.2 Å². The molecule has 4 nitrogen and oxygen atoms in total. The normalized spacial score (nSPS) is 18.6. The maximum absolute atomic E-state index is 12.1. The van der Waals surface area contributed by atoms with E-state index in [1.807, 2.05) is 0 Å². The van der Waals surface area contributed by atoms with Crippen LogP contribution in [0.15, 0.2) is 29.2 Å². The predicted molar refractivity (Wildman–Crippen MR) is 62.1 cm³/mol. The van der Waals surface area contributed by atoms with E-state index in [0.29, 0.717) is 36.1 Å². The van der Waals surface area contributed by atoms with E-state index in [9.17, 15) is 8.42 Å². The highest BCUT2D eigenvalue weighted by atomic mass is 35.5. The smallest absolute Gasteiger partial charge is 0.239 e. The number of benzene rings is 1. The molecule has 1 aromatic rings. The largest absolute Gasteiger partial charge is 0.243 e. The molecule has 0 N–H and O–H groups in total. The summed E-state index contributed by atoms with van der Waals surface area (Å²) in [7, 11) is -3.36. The van der Waals surface area contributed by atoms with Gasteiger partial charge in [-0.15, -0.1) is 0 Å². The summed E-state index contributed by atoms with van der Waals surface area (Å²) in [5.74, 6) is 0. The van der Waals surface area contributed by atoms with Crippen LogP contribution in [-0.2, 0) is 10.0 Å². The fraction of sp³-hybridized carbons (Fsp3) is 0.400. The molecule has 1 radical (unpaired) electrons. The van der Waals surface area contributed by atoms with Gasteiger partial charge in [-0.25, -0.2) is 13.7 Å². The highest BCUT2D eigenvalue weighted by Crippen LogP contribution is 2.18. The molecule has 1 aliphatic heterocycles. The third kappa shape index (κ3) is 2.38. The van der Waals surface area contributed by atoms with Gasteiger partial charge < -0.3 is 0 Å². The second-order valence-electron chi connectivity index (χ2n) is 3.53. The molecule has 2 rings (SSSR count). The molecule has 0 bridgehead atoms. The van der Waals surface area contributed by atoms with E-state index in [2.05, 4.69) is 5.32 Å². The zero-order chi connectivity index (χ0) is 11.6. The van der Waals surface area contributed by atoms with Crippen LogP contribution in [-0.4, -0.2) is 38.9 Å². The van der Waals surface area contributed by atoms with Crippen molar-refractivity contribution in [3.8, 4) is 0 Å². The van der Waals surface area contributed by atoms with Gasteiger partial charge in [0.05, 0.1) is 4.90 Å². The van der Waals surface area contributed by atoms with Crippen molar-refractivity contribution in [2.45, 2.75) is 4.90 Å². The van der Waals surface area contributed by atoms with Gasteiger partial charge in [0.25, 0.3) is 0 Å². The minimum atomic E-state index is -3.36. The molecule has 1 saturated heterocycles. The number of nitrogens with zero attached hydrogens (tertiary/aromatic N) is 2. The molecule has 0 aromatic heterocycles. The molecule has 6 heteroatoms. The van der Waals surface area contributed by atoms with Crippen molar-refractivity contribution in [2.24, 2.45) is 0 Å². The number of hydrogen-bond donors (Lipinski definition) is 0. The summed E-state index contributed by atoms with van der Waals surface area (Å²) < 4.78 is 25.7. The Morgan fingerprint density at radius 2 is 1.69 bits per heavy atom. The van der Waals surface area contributed by atoms with Crippen LogP contribution in [0.1, 0.15) is 0 Å². The van der Waals surface area contributed by atoms with E-state index < -0.39 is 10.0 Å². The molecule has 1 heterocycles. The standard InChI is InChI=1S/C10H12ClN2O2S/c11-9-1-3-10(4-2-9)16(14,15)13-7-5-12-6-8-13/h1-4H,5-8H2. The summed E-state index contributed by atoms with van der Waals surface area (Å²) in [6, 6.07) is 6.23. The van der Waals surface area contributed by atoms with Crippen molar-refractivity contribution >= 4 is 21.6 Å². The summed E-state index contributed by atoms with van der Waals surface area (Å²) in [6.07, 6.45) is 0. The number of rotatable bonds is 2. The third-order valence-corrected chi connectivity index (χ3v) is 4.63. The molecule has 0 amide bonds. The van der Waals surface area contributed by atoms with Gasteiger partial charge in [-0.05, 0) is 24.3 Å². The Kier molecular flexibility index (Phi) is 3.49. The summed E-state index contributed by atoms with van der Waals surface area (Å²) >= 11 is 5.72. The van der Waals surface area contributed by atoms with E-state index >= 15 is 0 Å². The van der Waals surface area contributed by atoms with Crippen LogP contribution in [0, 0.1) is 0 Å². The summed E-state index contributed by atoms with van der Waals surface area (Å²) in [5.41, 5.74) is 0. The number of halogens is 1. The Morgan fingerprint density at radius 1 is 1.12 bits per heavy atom. The van der Waals surface area contributed by atoms with Gasteiger partial charge in [-0.3, -0.25) is 0 Å². The van der Waals surface area contributed by atoms with Crippen LogP contribution >= 0.6 is 11.6 Å². The first kappa shape index (κ1) is 11.9. The van der Waals surface area contributed by atoms with Crippen LogP contribution in [0.5, 0.6) is 0 Å². The molecule has 0 unspecified atom stereocenters. The van der Waals surface area contributed by atoms with Gasteiger partial charge in [-0.2, -0.15) is 4.31 Å². The van der Waals surface area contributed by atoms with Crippen molar-refractivity contribution in [3.63, 3.8) is 0 Å². The lowest BCUT2D eigenvalue weighted by Gasteiger charge is -2.25. The summed E-state index contributed by atoms with van der Waals surface area (Å²) in [6.45, 7) is 2.08. The molecule has 1 aliphatic rings. The first-order valence-corrected chi connectivity index (χ1v) is 6.81. The van der Waals surface area contributed by atoms with Gasteiger partial charge >= 0.3 is 0 Å². The minimum absolute atomic E-state index is 0.291. The topological polar surface area (TPSA) is 51.5 Å². The highest BCUT2D eigenvalue weighted by molar-refractivity contribution is 7.89. The van der Waals surface area contributed by atoms with E-state index in [0.717, 1.165) is 0 Å². The summed E-state index contributed by atoms with van der Waals surface area (Å²) in [4.78, 5) is 0.291.